The van der Waals surface area contributed by atoms with Crippen molar-refractivity contribution in [2.45, 2.75) is 45.1 Å². The van der Waals surface area contributed by atoms with Gasteiger partial charge in [-0.1, -0.05) is 12.8 Å². The third-order valence-electron chi connectivity index (χ3n) is 5.64. The van der Waals surface area contributed by atoms with Crippen LogP contribution in [0.25, 0.3) is 5.69 Å². The number of nitrogens with zero attached hydrogens (tertiary/aromatic N) is 3. The zero-order chi connectivity index (χ0) is 18.9. The molecule has 3 rings (SSSR count). The Labute approximate surface area is 163 Å². The van der Waals surface area contributed by atoms with E-state index in [0.29, 0.717) is 12.1 Å². The summed E-state index contributed by atoms with van der Waals surface area (Å²) < 4.78 is 2.91. The normalized spacial score (nSPS) is 16.2. The van der Waals surface area contributed by atoms with E-state index in [-0.39, 0.29) is 11.4 Å². The van der Waals surface area contributed by atoms with Gasteiger partial charge in [0.25, 0.3) is 5.91 Å². The summed E-state index contributed by atoms with van der Waals surface area (Å²) >= 11 is 3.55. The van der Waals surface area contributed by atoms with Gasteiger partial charge < -0.3 is 10.2 Å². The maximum Gasteiger partial charge on any atom is 0.251 e. The molecule has 0 atom stereocenters. The maximum atomic E-state index is 12.6. The van der Waals surface area contributed by atoms with E-state index in [9.17, 15) is 4.79 Å². The average Bonchev–Trinajstić information content (AvgIpc) is 3.22. The lowest BCUT2D eigenvalue weighted by molar-refractivity contribution is 0.0900. The summed E-state index contributed by atoms with van der Waals surface area (Å²) in [6.07, 6.45) is 4.76. The Balaban J connectivity index is 1.70. The molecule has 1 aliphatic rings. The molecule has 1 aliphatic carbocycles. The number of aromatic nitrogens is 2. The van der Waals surface area contributed by atoms with Gasteiger partial charge in [0.2, 0.25) is 0 Å². The van der Waals surface area contributed by atoms with Gasteiger partial charge in [0.15, 0.2) is 0 Å². The fourth-order valence-corrected chi connectivity index (χ4v) is 4.04. The van der Waals surface area contributed by atoms with Gasteiger partial charge in [0.1, 0.15) is 0 Å². The van der Waals surface area contributed by atoms with Crippen LogP contribution < -0.4 is 5.32 Å². The van der Waals surface area contributed by atoms with Gasteiger partial charge in [0, 0.05) is 17.6 Å². The minimum absolute atomic E-state index is 0.0146. The average molecular weight is 419 g/mol. The molecule has 0 saturated heterocycles. The second kappa shape index (κ2) is 7.53. The largest absolute Gasteiger partial charge is 0.350 e. The lowest BCUT2D eigenvalue weighted by Gasteiger charge is -2.36. The van der Waals surface area contributed by atoms with E-state index in [1.807, 2.05) is 42.8 Å². The molecule has 0 bridgehead atoms. The molecule has 1 heterocycles. The number of benzene rings is 1. The third-order valence-corrected chi connectivity index (χ3v) is 6.79. The van der Waals surface area contributed by atoms with Crippen LogP contribution in [0, 0.1) is 13.8 Å². The summed E-state index contributed by atoms with van der Waals surface area (Å²) in [5, 5.41) is 7.67. The molecule has 0 unspecified atom stereocenters. The van der Waals surface area contributed by atoms with E-state index < -0.39 is 0 Å². The summed E-state index contributed by atoms with van der Waals surface area (Å²) in [6, 6.07) is 7.62. The quantitative estimate of drug-likeness (QED) is 0.801. The molecule has 6 heteroatoms. The van der Waals surface area contributed by atoms with Gasteiger partial charge in [-0.25, -0.2) is 4.68 Å². The monoisotopic (exact) mass is 418 g/mol. The van der Waals surface area contributed by atoms with Gasteiger partial charge in [-0.2, -0.15) is 5.10 Å². The Hall–Kier alpha value is -1.66. The molecule has 26 heavy (non-hydrogen) atoms. The Bertz CT molecular complexity index is 789. The SMILES string of the molecule is Cc1nn(-c2ccc(C(=O)NCC3(N(C)C)CCCC3)cc2)c(C)c1Br. The molecule has 140 valence electrons. The highest BCUT2D eigenvalue weighted by molar-refractivity contribution is 9.10. The lowest BCUT2D eigenvalue weighted by Crippen LogP contribution is -2.50. The van der Waals surface area contributed by atoms with Crippen LogP contribution in [0.15, 0.2) is 28.7 Å². The van der Waals surface area contributed by atoms with E-state index in [1.54, 1.807) is 0 Å². The van der Waals surface area contributed by atoms with Crippen LogP contribution in [0.4, 0.5) is 0 Å². The maximum absolute atomic E-state index is 12.6. The highest BCUT2D eigenvalue weighted by atomic mass is 79.9. The first-order valence-electron chi connectivity index (χ1n) is 9.12. The highest BCUT2D eigenvalue weighted by Gasteiger charge is 2.36. The van der Waals surface area contributed by atoms with E-state index in [0.717, 1.165) is 34.4 Å². The van der Waals surface area contributed by atoms with Gasteiger partial charge in [-0.3, -0.25) is 4.79 Å². The Morgan fingerprint density at radius 2 is 1.85 bits per heavy atom. The van der Waals surface area contributed by atoms with E-state index in [4.69, 9.17) is 0 Å². The Kier molecular flexibility index (Phi) is 5.53. The first-order valence-corrected chi connectivity index (χ1v) is 9.91. The number of halogens is 1. The van der Waals surface area contributed by atoms with Crippen LogP contribution in [0.2, 0.25) is 0 Å². The number of amides is 1. The zero-order valence-corrected chi connectivity index (χ0v) is 17.6. The fraction of sp³-hybridized carbons (Fsp3) is 0.500. The van der Waals surface area contributed by atoms with Crippen LogP contribution in [-0.2, 0) is 0 Å². The predicted molar refractivity (Wildman–Crippen MR) is 108 cm³/mol. The fourth-order valence-electron chi connectivity index (χ4n) is 3.79. The second-order valence-electron chi connectivity index (χ2n) is 7.45. The van der Waals surface area contributed by atoms with Crippen molar-refractivity contribution in [3.05, 3.63) is 45.7 Å². The van der Waals surface area contributed by atoms with Crippen molar-refractivity contribution in [3.63, 3.8) is 0 Å². The van der Waals surface area contributed by atoms with Crippen LogP contribution in [0.1, 0.15) is 47.4 Å². The highest BCUT2D eigenvalue weighted by Crippen LogP contribution is 2.33. The molecular weight excluding hydrogens is 392 g/mol. The Morgan fingerprint density at radius 1 is 1.23 bits per heavy atom. The molecule has 1 saturated carbocycles. The first kappa shape index (κ1) is 19.1. The summed E-state index contributed by atoms with van der Waals surface area (Å²) in [5.41, 5.74) is 3.74. The van der Waals surface area contributed by atoms with Crippen LogP contribution in [0.3, 0.4) is 0 Å². The number of carbonyl (C=O) groups excluding carboxylic acids is 1. The summed E-state index contributed by atoms with van der Waals surface area (Å²) in [7, 11) is 4.22. The van der Waals surface area contributed by atoms with E-state index >= 15 is 0 Å². The second-order valence-corrected chi connectivity index (χ2v) is 8.25. The van der Waals surface area contributed by atoms with Gasteiger partial charge in [0.05, 0.1) is 21.5 Å². The summed E-state index contributed by atoms with van der Waals surface area (Å²) in [4.78, 5) is 14.8. The number of rotatable bonds is 5. The summed E-state index contributed by atoms with van der Waals surface area (Å²) in [6.45, 7) is 4.69. The van der Waals surface area contributed by atoms with Gasteiger partial charge in [-0.15, -0.1) is 0 Å². The van der Waals surface area contributed by atoms with Crippen molar-refractivity contribution >= 4 is 21.8 Å². The number of likely N-dealkylation sites (N-methyl/N-ethyl adjacent to an activating group) is 1. The Morgan fingerprint density at radius 3 is 2.35 bits per heavy atom. The van der Waals surface area contributed by atoms with Crippen LogP contribution >= 0.6 is 15.9 Å². The lowest BCUT2D eigenvalue weighted by atomic mass is 9.96. The predicted octanol–water partition coefficient (Wildman–Crippen LogP) is 3.86. The molecule has 0 aliphatic heterocycles. The molecule has 5 nitrogen and oxygen atoms in total. The van der Waals surface area contributed by atoms with Crippen LogP contribution in [0.5, 0.6) is 0 Å². The topological polar surface area (TPSA) is 50.2 Å². The molecular formula is C20H27BrN4O. The summed E-state index contributed by atoms with van der Waals surface area (Å²) in [5.74, 6) is -0.0146. The van der Waals surface area contributed by atoms with Crippen molar-refractivity contribution < 1.29 is 4.79 Å². The molecule has 1 amide bonds. The van der Waals surface area contributed by atoms with Crippen molar-refractivity contribution in [1.29, 1.82) is 0 Å². The minimum atomic E-state index is -0.0146. The van der Waals surface area contributed by atoms with Crippen LogP contribution in [-0.4, -0.2) is 46.8 Å². The molecule has 1 aromatic heterocycles. The van der Waals surface area contributed by atoms with Gasteiger partial charge >= 0.3 is 0 Å². The standard InChI is InChI=1S/C20H27BrN4O/c1-14-18(21)15(2)25(23-14)17-9-7-16(8-10-17)19(26)22-13-20(24(3)4)11-5-6-12-20/h7-10H,5-6,11-13H2,1-4H3,(H,22,26). The number of nitrogens with one attached hydrogen (secondary N) is 1. The number of hydrogen-bond acceptors (Lipinski definition) is 3. The molecule has 1 fully saturated rings. The smallest absolute Gasteiger partial charge is 0.251 e. The van der Waals surface area contributed by atoms with Crippen molar-refractivity contribution in [1.82, 2.24) is 20.0 Å². The van der Waals surface area contributed by atoms with Gasteiger partial charge in [-0.05, 0) is 81.0 Å². The molecule has 0 spiro atoms. The van der Waals surface area contributed by atoms with E-state index in [1.165, 1.54) is 12.8 Å². The molecule has 2 aromatic rings. The zero-order valence-electron chi connectivity index (χ0n) is 16.0. The number of hydrogen-bond donors (Lipinski definition) is 1. The van der Waals surface area contributed by atoms with E-state index in [2.05, 4.69) is 45.3 Å². The van der Waals surface area contributed by atoms with Crippen molar-refractivity contribution in [2.24, 2.45) is 0 Å². The molecule has 1 N–H and O–H groups in total. The number of aryl methyl sites for hydroxylation is 1. The third kappa shape index (κ3) is 3.58. The molecule has 0 radical (unpaired) electrons. The molecule has 1 aromatic carbocycles. The first-order chi connectivity index (χ1) is 12.3. The van der Waals surface area contributed by atoms with Crippen molar-refractivity contribution in [3.8, 4) is 5.69 Å². The number of carbonyl (C=O) groups is 1. The minimum Gasteiger partial charge on any atom is -0.350 e. The van der Waals surface area contributed by atoms with Crippen molar-refractivity contribution in [2.75, 3.05) is 20.6 Å².